The maximum absolute atomic E-state index is 11.6. The Morgan fingerprint density at radius 3 is 2.18 bits per heavy atom. The highest BCUT2D eigenvalue weighted by Crippen LogP contribution is 2.52. The summed E-state index contributed by atoms with van der Waals surface area (Å²) < 4.78 is 1.44. The summed E-state index contributed by atoms with van der Waals surface area (Å²) in [5.74, 6) is -0.459. The third-order valence-corrected chi connectivity index (χ3v) is 4.69. The van der Waals surface area contributed by atoms with Crippen LogP contribution in [-0.4, -0.2) is 24.4 Å². The highest BCUT2D eigenvalue weighted by molar-refractivity contribution is 6.01. The smallest absolute Gasteiger partial charge is 0.284 e. The molecule has 0 fully saturated rings. The van der Waals surface area contributed by atoms with Gasteiger partial charge < -0.3 is 9.67 Å². The number of hydrogen-bond acceptors (Lipinski definition) is 7. The number of nitro groups is 3. The first kappa shape index (κ1) is 17.1. The molecule has 1 atom stereocenters. The summed E-state index contributed by atoms with van der Waals surface area (Å²) in [6.07, 6.45) is 3.93. The molecule has 2 aliphatic carbocycles. The van der Waals surface area contributed by atoms with E-state index in [0.717, 1.165) is 18.2 Å². The van der Waals surface area contributed by atoms with Gasteiger partial charge in [-0.2, -0.15) is 0 Å². The fourth-order valence-electron chi connectivity index (χ4n) is 3.57. The van der Waals surface area contributed by atoms with Gasteiger partial charge in [0.2, 0.25) is 0 Å². The van der Waals surface area contributed by atoms with Gasteiger partial charge >= 0.3 is 0 Å². The van der Waals surface area contributed by atoms with E-state index < -0.39 is 38.0 Å². The Morgan fingerprint density at radius 1 is 0.929 bits per heavy atom. The van der Waals surface area contributed by atoms with Crippen LogP contribution in [0.25, 0.3) is 11.3 Å². The summed E-state index contributed by atoms with van der Waals surface area (Å²) >= 11 is 0. The molecule has 1 N–H and O–H groups in total. The van der Waals surface area contributed by atoms with Gasteiger partial charge in [-0.25, -0.2) is 0 Å². The number of aromatic nitrogens is 1. The number of nitrogens with zero attached hydrogens (tertiary/aromatic N) is 4. The summed E-state index contributed by atoms with van der Waals surface area (Å²) in [6.45, 7) is 0. The summed E-state index contributed by atoms with van der Waals surface area (Å²) in [5, 5.41) is 45.1. The van der Waals surface area contributed by atoms with Crippen LogP contribution in [0.4, 0.5) is 5.69 Å². The average molecular weight is 382 g/mol. The SMILES string of the molecule is O=[N+]([O-])C1=CC([N+](=O)[O-])=C2C(=C(O)c3cc([N+](=O)[O-])ccc32)C1n1cccc1. The Morgan fingerprint density at radius 2 is 1.61 bits per heavy atom. The number of rotatable bonds is 4. The molecule has 0 spiro atoms. The largest absolute Gasteiger partial charge is 0.507 e. The first-order valence-corrected chi connectivity index (χ1v) is 7.91. The normalized spacial score (nSPS) is 17.9. The summed E-state index contributed by atoms with van der Waals surface area (Å²) in [5.41, 5.74) is -1.15. The van der Waals surface area contributed by atoms with E-state index >= 15 is 0 Å². The molecule has 0 aliphatic heterocycles. The second kappa shape index (κ2) is 5.87. The molecule has 1 aromatic carbocycles. The topological polar surface area (TPSA) is 155 Å². The highest BCUT2D eigenvalue weighted by atomic mass is 16.6. The van der Waals surface area contributed by atoms with Gasteiger partial charge in [-0.3, -0.25) is 30.3 Å². The van der Waals surface area contributed by atoms with E-state index in [1.807, 2.05) is 0 Å². The third-order valence-electron chi connectivity index (χ3n) is 4.69. The molecule has 2 aromatic rings. The number of non-ortho nitro benzene ring substituents is 1. The number of fused-ring (bicyclic) bond motifs is 3. The van der Waals surface area contributed by atoms with Crippen LogP contribution in [0.3, 0.4) is 0 Å². The molecule has 28 heavy (non-hydrogen) atoms. The van der Waals surface area contributed by atoms with Gasteiger partial charge in [0, 0.05) is 41.2 Å². The van der Waals surface area contributed by atoms with Gasteiger partial charge in [0.15, 0.2) is 6.04 Å². The number of allylic oxidation sites excluding steroid dienone is 3. The van der Waals surface area contributed by atoms with Crippen molar-refractivity contribution in [2.45, 2.75) is 6.04 Å². The lowest BCUT2D eigenvalue weighted by Crippen LogP contribution is -2.23. The molecule has 0 saturated heterocycles. The van der Waals surface area contributed by atoms with Crippen LogP contribution in [0, 0.1) is 30.3 Å². The van der Waals surface area contributed by atoms with Crippen LogP contribution in [0.2, 0.25) is 0 Å². The van der Waals surface area contributed by atoms with E-state index in [9.17, 15) is 35.4 Å². The minimum atomic E-state index is -1.13. The molecule has 0 amide bonds. The Hall–Kier alpha value is -4.28. The molecule has 0 bridgehead atoms. The van der Waals surface area contributed by atoms with Gasteiger partial charge in [-0.05, 0) is 18.2 Å². The highest BCUT2D eigenvalue weighted by Gasteiger charge is 2.47. The zero-order chi connectivity index (χ0) is 20.2. The second-order valence-electron chi connectivity index (χ2n) is 6.13. The van der Waals surface area contributed by atoms with Crippen LogP contribution < -0.4 is 0 Å². The van der Waals surface area contributed by atoms with Gasteiger partial charge in [-0.1, -0.05) is 0 Å². The molecule has 1 heterocycles. The third kappa shape index (κ3) is 2.30. The maximum Gasteiger partial charge on any atom is 0.284 e. The number of benzene rings is 1. The fraction of sp³-hybridized carbons (Fsp3) is 0.0588. The number of nitro benzene ring substituents is 1. The Kier molecular flexibility index (Phi) is 3.60. The molecule has 140 valence electrons. The molecular weight excluding hydrogens is 372 g/mol. The van der Waals surface area contributed by atoms with Crippen molar-refractivity contribution in [3.05, 3.63) is 107 Å². The van der Waals surface area contributed by atoms with Crippen molar-refractivity contribution in [2.75, 3.05) is 0 Å². The van der Waals surface area contributed by atoms with Gasteiger partial charge in [0.25, 0.3) is 17.1 Å². The van der Waals surface area contributed by atoms with E-state index in [-0.39, 0.29) is 28.0 Å². The van der Waals surface area contributed by atoms with Crippen LogP contribution in [0.5, 0.6) is 0 Å². The lowest BCUT2D eigenvalue weighted by atomic mass is 9.89. The fourth-order valence-corrected chi connectivity index (χ4v) is 3.57. The summed E-state index contributed by atoms with van der Waals surface area (Å²) in [4.78, 5) is 32.1. The van der Waals surface area contributed by atoms with Crippen LogP contribution >= 0.6 is 0 Å². The predicted molar refractivity (Wildman–Crippen MR) is 95.1 cm³/mol. The van der Waals surface area contributed by atoms with Gasteiger partial charge in [0.05, 0.1) is 26.4 Å². The van der Waals surface area contributed by atoms with Crippen molar-refractivity contribution in [1.29, 1.82) is 0 Å². The molecule has 0 radical (unpaired) electrons. The van der Waals surface area contributed by atoms with Crippen molar-refractivity contribution in [3.63, 3.8) is 0 Å². The molecule has 2 aliphatic rings. The van der Waals surface area contributed by atoms with E-state index in [2.05, 4.69) is 0 Å². The van der Waals surface area contributed by atoms with Crippen molar-refractivity contribution < 1.29 is 19.9 Å². The number of aliphatic hydroxyl groups excluding tert-OH is 1. The van der Waals surface area contributed by atoms with E-state index in [0.29, 0.717) is 0 Å². The zero-order valence-corrected chi connectivity index (χ0v) is 13.9. The predicted octanol–water partition coefficient (Wildman–Crippen LogP) is 3.08. The van der Waals surface area contributed by atoms with Gasteiger partial charge in [-0.15, -0.1) is 0 Å². The minimum Gasteiger partial charge on any atom is -0.507 e. The lowest BCUT2D eigenvalue weighted by Gasteiger charge is -2.22. The quantitative estimate of drug-likeness (QED) is 0.629. The molecule has 11 heteroatoms. The first-order valence-electron chi connectivity index (χ1n) is 7.91. The lowest BCUT2D eigenvalue weighted by molar-refractivity contribution is -0.439. The maximum atomic E-state index is 11.6. The zero-order valence-electron chi connectivity index (χ0n) is 13.9. The molecular formula is C17H10N4O7. The van der Waals surface area contributed by atoms with E-state index in [1.54, 1.807) is 12.1 Å². The van der Waals surface area contributed by atoms with Crippen molar-refractivity contribution in [3.8, 4) is 0 Å². The number of aliphatic hydroxyl groups is 1. The van der Waals surface area contributed by atoms with Gasteiger partial charge in [0.1, 0.15) is 5.76 Å². The van der Waals surface area contributed by atoms with Crippen LogP contribution in [0.15, 0.2) is 65.8 Å². The second-order valence-corrected chi connectivity index (χ2v) is 6.13. The molecule has 1 aromatic heterocycles. The van der Waals surface area contributed by atoms with Crippen LogP contribution in [-0.2, 0) is 0 Å². The standard InChI is InChI=1S/C17H10N4O7/c22-17-11-7-9(19(23)24)3-4-10(11)14-12(20(25)26)8-13(21(27)28)16(15(14)17)18-5-1-2-6-18/h1-8,16,22H. The average Bonchev–Trinajstić information content (AvgIpc) is 3.27. The van der Waals surface area contributed by atoms with Crippen molar-refractivity contribution >= 4 is 17.0 Å². The Balaban J connectivity index is 2.08. The number of hydrogen-bond donors (Lipinski definition) is 1. The Bertz CT molecular complexity index is 1160. The first-order chi connectivity index (χ1) is 13.3. The van der Waals surface area contributed by atoms with Crippen LogP contribution in [0.1, 0.15) is 17.2 Å². The molecule has 0 saturated carbocycles. The minimum absolute atomic E-state index is 0.0108. The van der Waals surface area contributed by atoms with Crippen molar-refractivity contribution in [1.82, 2.24) is 4.57 Å². The summed E-state index contributed by atoms with van der Waals surface area (Å²) in [7, 11) is 0. The van der Waals surface area contributed by atoms with E-state index in [4.69, 9.17) is 0 Å². The Labute approximate surface area is 155 Å². The summed E-state index contributed by atoms with van der Waals surface area (Å²) in [6, 6.07) is 5.67. The molecule has 11 nitrogen and oxygen atoms in total. The molecule has 1 unspecified atom stereocenters. The van der Waals surface area contributed by atoms with Crippen molar-refractivity contribution in [2.24, 2.45) is 0 Å². The molecule has 4 rings (SSSR count). The monoisotopic (exact) mass is 382 g/mol. The van der Waals surface area contributed by atoms with E-state index in [1.165, 1.54) is 23.0 Å².